The molecule has 4 nitrogen and oxygen atoms in total. The van der Waals surface area contributed by atoms with Crippen LogP contribution in [0.1, 0.15) is 33.1 Å². The number of hydrogen-bond acceptors (Lipinski definition) is 2. The molecule has 0 saturated carbocycles. The Hall–Kier alpha value is -3.40. The molecule has 0 aliphatic carbocycles. The van der Waals surface area contributed by atoms with Crippen molar-refractivity contribution in [3.05, 3.63) is 107 Å². The third kappa shape index (κ3) is 3.47. The molecule has 3 aromatic carbocycles. The van der Waals surface area contributed by atoms with Crippen LogP contribution in [0.4, 0.5) is 0 Å². The molecule has 0 bridgehead atoms. The van der Waals surface area contributed by atoms with Gasteiger partial charge in [0.1, 0.15) is 6.04 Å². The van der Waals surface area contributed by atoms with Gasteiger partial charge in [-0.05, 0) is 22.8 Å². The Morgan fingerprint density at radius 3 is 2.11 bits per heavy atom. The maximum atomic E-state index is 13.0. The minimum atomic E-state index is -0.613. The van der Waals surface area contributed by atoms with Gasteiger partial charge in [0.25, 0.3) is 5.91 Å². The fraction of sp³-hybridized carbons (Fsp3) is 0.130. The molecule has 1 N–H and O–H groups in total. The Labute approximate surface area is 158 Å². The molecule has 1 atom stereocenters. The smallest absolute Gasteiger partial charge is 0.255 e. The standard InChI is InChI=1S/C23H20N2O2/c26-22(24-15-17-9-3-1-4-10-17)21-19-13-7-8-14-20(19)23(27)25(21)16-18-11-5-2-6-12-18/h1-14,21H,15-16H2,(H,24,26). The minimum Gasteiger partial charge on any atom is -0.350 e. The summed E-state index contributed by atoms with van der Waals surface area (Å²) in [7, 11) is 0. The van der Waals surface area contributed by atoms with E-state index in [1.807, 2.05) is 78.9 Å². The van der Waals surface area contributed by atoms with E-state index in [1.165, 1.54) is 0 Å². The summed E-state index contributed by atoms with van der Waals surface area (Å²) >= 11 is 0. The van der Waals surface area contributed by atoms with Gasteiger partial charge >= 0.3 is 0 Å². The highest BCUT2D eigenvalue weighted by molar-refractivity contribution is 6.04. The van der Waals surface area contributed by atoms with Crippen LogP contribution in [0.15, 0.2) is 84.9 Å². The van der Waals surface area contributed by atoms with Crippen LogP contribution in [0.3, 0.4) is 0 Å². The third-order valence-corrected chi connectivity index (χ3v) is 4.81. The van der Waals surface area contributed by atoms with Crippen molar-refractivity contribution in [1.82, 2.24) is 10.2 Å². The van der Waals surface area contributed by atoms with E-state index in [-0.39, 0.29) is 11.8 Å². The van der Waals surface area contributed by atoms with Crippen LogP contribution in [0.25, 0.3) is 0 Å². The maximum absolute atomic E-state index is 13.0. The molecule has 1 heterocycles. The molecule has 3 aromatic rings. The average Bonchev–Trinajstić information content (AvgIpc) is 3.00. The largest absolute Gasteiger partial charge is 0.350 e. The number of nitrogens with zero attached hydrogens (tertiary/aromatic N) is 1. The maximum Gasteiger partial charge on any atom is 0.255 e. The summed E-state index contributed by atoms with van der Waals surface area (Å²) in [5, 5.41) is 2.99. The second-order valence-electron chi connectivity index (χ2n) is 6.61. The fourth-order valence-electron chi connectivity index (χ4n) is 3.48. The normalized spacial score (nSPS) is 15.5. The number of fused-ring (bicyclic) bond motifs is 1. The Bertz CT molecular complexity index is 954. The molecule has 1 aliphatic rings. The van der Waals surface area contributed by atoms with Crippen LogP contribution in [-0.2, 0) is 17.9 Å². The van der Waals surface area contributed by atoms with Gasteiger partial charge < -0.3 is 10.2 Å². The van der Waals surface area contributed by atoms with Gasteiger partial charge in [-0.3, -0.25) is 9.59 Å². The van der Waals surface area contributed by atoms with E-state index in [9.17, 15) is 9.59 Å². The molecule has 1 unspecified atom stereocenters. The first-order valence-corrected chi connectivity index (χ1v) is 8.99. The van der Waals surface area contributed by atoms with E-state index in [2.05, 4.69) is 5.32 Å². The first kappa shape index (κ1) is 17.0. The Kier molecular flexibility index (Phi) is 4.71. The Morgan fingerprint density at radius 2 is 1.41 bits per heavy atom. The summed E-state index contributed by atoms with van der Waals surface area (Å²) in [5.74, 6) is -0.262. The third-order valence-electron chi connectivity index (χ3n) is 4.81. The molecule has 0 spiro atoms. The van der Waals surface area contributed by atoms with E-state index in [4.69, 9.17) is 0 Å². The van der Waals surface area contributed by atoms with Crippen LogP contribution in [-0.4, -0.2) is 16.7 Å². The molecule has 2 amide bonds. The van der Waals surface area contributed by atoms with Crippen molar-refractivity contribution < 1.29 is 9.59 Å². The summed E-state index contributed by atoms with van der Waals surface area (Å²) in [6.07, 6.45) is 0. The predicted molar refractivity (Wildman–Crippen MR) is 104 cm³/mol. The number of rotatable bonds is 5. The highest BCUT2D eigenvalue weighted by atomic mass is 16.2. The quantitative estimate of drug-likeness (QED) is 0.758. The number of amides is 2. The molecule has 1 aliphatic heterocycles. The minimum absolute atomic E-state index is 0.102. The molecular weight excluding hydrogens is 336 g/mol. The summed E-state index contributed by atoms with van der Waals surface area (Å²) in [4.78, 5) is 27.6. The van der Waals surface area contributed by atoms with Crippen LogP contribution in [0, 0.1) is 0 Å². The molecule has 4 heteroatoms. The molecule has 0 radical (unpaired) electrons. The highest BCUT2D eigenvalue weighted by Gasteiger charge is 2.40. The van der Waals surface area contributed by atoms with Crippen LogP contribution in [0.2, 0.25) is 0 Å². The van der Waals surface area contributed by atoms with Crippen LogP contribution >= 0.6 is 0 Å². The Balaban J connectivity index is 1.60. The number of carbonyl (C=O) groups is 2. The van der Waals surface area contributed by atoms with Gasteiger partial charge in [0.2, 0.25) is 5.91 Å². The van der Waals surface area contributed by atoms with Crippen molar-refractivity contribution >= 4 is 11.8 Å². The fourth-order valence-corrected chi connectivity index (χ4v) is 3.48. The zero-order chi connectivity index (χ0) is 18.6. The Morgan fingerprint density at radius 1 is 0.815 bits per heavy atom. The van der Waals surface area contributed by atoms with Gasteiger partial charge in [-0.1, -0.05) is 78.9 Å². The van der Waals surface area contributed by atoms with Crippen molar-refractivity contribution in [3.63, 3.8) is 0 Å². The van der Waals surface area contributed by atoms with Gasteiger partial charge in [-0.25, -0.2) is 0 Å². The first-order chi connectivity index (χ1) is 13.2. The van der Waals surface area contributed by atoms with Gasteiger partial charge in [-0.2, -0.15) is 0 Å². The lowest BCUT2D eigenvalue weighted by Crippen LogP contribution is -2.38. The molecular formula is C23H20N2O2. The molecule has 0 fully saturated rings. The van der Waals surface area contributed by atoms with E-state index < -0.39 is 6.04 Å². The highest BCUT2D eigenvalue weighted by Crippen LogP contribution is 2.35. The topological polar surface area (TPSA) is 49.4 Å². The lowest BCUT2D eigenvalue weighted by Gasteiger charge is -2.25. The van der Waals surface area contributed by atoms with Crippen LogP contribution < -0.4 is 5.32 Å². The zero-order valence-electron chi connectivity index (χ0n) is 14.8. The lowest BCUT2D eigenvalue weighted by molar-refractivity contribution is -0.125. The van der Waals surface area contributed by atoms with Crippen LogP contribution in [0.5, 0.6) is 0 Å². The summed E-state index contributed by atoms with van der Waals surface area (Å²) < 4.78 is 0. The monoisotopic (exact) mass is 356 g/mol. The van der Waals surface area contributed by atoms with Crippen molar-refractivity contribution in [3.8, 4) is 0 Å². The molecule has 0 saturated heterocycles. The predicted octanol–water partition coefficient (Wildman–Crippen LogP) is 3.70. The SMILES string of the molecule is O=C(NCc1ccccc1)C1c2ccccc2C(=O)N1Cc1ccccc1. The molecule has 0 aromatic heterocycles. The van der Waals surface area contributed by atoms with E-state index in [0.717, 1.165) is 16.7 Å². The second kappa shape index (κ2) is 7.46. The number of nitrogens with one attached hydrogen (secondary N) is 1. The second-order valence-corrected chi connectivity index (χ2v) is 6.61. The van der Waals surface area contributed by atoms with Gasteiger partial charge in [0.15, 0.2) is 0 Å². The van der Waals surface area contributed by atoms with Crippen molar-refractivity contribution in [2.45, 2.75) is 19.1 Å². The van der Waals surface area contributed by atoms with Crippen molar-refractivity contribution in [2.75, 3.05) is 0 Å². The van der Waals surface area contributed by atoms with E-state index in [0.29, 0.717) is 18.7 Å². The summed E-state index contributed by atoms with van der Waals surface area (Å²) in [6.45, 7) is 0.837. The van der Waals surface area contributed by atoms with Gasteiger partial charge in [-0.15, -0.1) is 0 Å². The number of carbonyl (C=O) groups excluding carboxylic acids is 2. The average molecular weight is 356 g/mol. The van der Waals surface area contributed by atoms with Crippen molar-refractivity contribution in [2.24, 2.45) is 0 Å². The molecule has 27 heavy (non-hydrogen) atoms. The zero-order valence-corrected chi connectivity index (χ0v) is 14.8. The van der Waals surface area contributed by atoms with Crippen molar-refractivity contribution in [1.29, 1.82) is 0 Å². The van der Waals surface area contributed by atoms with E-state index >= 15 is 0 Å². The number of benzene rings is 3. The molecule has 4 rings (SSSR count). The lowest BCUT2D eigenvalue weighted by atomic mass is 10.0. The molecule has 134 valence electrons. The van der Waals surface area contributed by atoms with Gasteiger partial charge in [0, 0.05) is 18.7 Å². The first-order valence-electron chi connectivity index (χ1n) is 8.99. The van der Waals surface area contributed by atoms with E-state index in [1.54, 1.807) is 11.0 Å². The van der Waals surface area contributed by atoms with Gasteiger partial charge in [0.05, 0.1) is 0 Å². The summed E-state index contributed by atoms with van der Waals surface area (Å²) in [5.41, 5.74) is 3.40. The number of hydrogen-bond donors (Lipinski definition) is 1. The summed E-state index contributed by atoms with van der Waals surface area (Å²) in [6, 6.07) is 26.3.